The van der Waals surface area contributed by atoms with Crippen LogP contribution in [-0.2, 0) is 0 Å². The molecule has 5 heteroatoms. The van der Waals surface area contributed by atoms with Crippen LogP contribution in [0.1, 0.15) is 9.67 Å². The van der Waals surface area contributed by atoms with Gasteiger partial charge in [0.15, 0.2) is 0 Å². The zero-order valence-electron chi connectivity index (χ0n) is 7.54. The number of aromatic nitrogens is 1. The number of phenolic OH excluding ortho intramolecular Hbond substituents is 1. The van der Waals surface area contributed by atoms with Gasteiger partial charge in [0.05, 0.1) is 6.20 Å². The van der Waals surface area contributed by atoms with Crippen molar-refractivity contribution >= 4 is 17.3 Å². The Morgan fingerprint density at radius 2 is 1.93 bits per heavy atom. The second-order valence-corrected chi connectivity index (χ2v) is 3.91. The number of hydrogen-bond acceptors (Lipinski definition) is 4. The lowest BCUT2D eigenvalue weighted by Gasteiger charge is -1.95. The molecule has 76 valence electrons. The van der Waals surface area contributed by atoms with Gasteiger partial charge < -0.3 is 10.2 Å². The predicted octanol–water partition coefficient (Wildman–Crippen LogP) is 2.21. The van der Waals surface area contributed by atoms with Gasteiger partial charge in [-0.15, -0.1) is 11.3 Å². The molecule has 15 heavy (non-hydrogen) atoms. The molecule has 2 rings (SSSR count). The van der Waals surface area contributed by atoms with Crippen molar-refractivity contribution < 1.29 is 15.0 Å². The highest BCUT2D eigenvalue weighted by Crippen LogP contribution is 2.26. The van der Waals surface area contributed by atoms with Gasteiger partial charge in [-0.05, 0) is 24.3 Å². The Kier molecular flexibility index (Phi) is 2.39. The summed E-state index contributed by atoms with van der Waals surface area (Å²) in [5.74, 6) is -0.800. The molecule has 0 amide bonds. The molecule has 0 bridgehead atoms. The number of benzene rings is 1. The average Bonchev–Trinajstić information content (AvgIpc) is 2.68. The van der Waals surface area contributed by atoms with Crippen LogP contribution in [-0.4, -0.2) is 21.2 Å². The standard InChI is InChI=1S/C10H7NO3S/c12-7-3-1-6(2-4-7)9-11-5-8(15-9)10(13)14/h1-5,12H,(H,13,14). The van der Waals surface area contributed by atoms with Crippen LogP contribution in [0.4, 0.5) is 0 Å². The van der Waals surface area contributed by atoms with E-state index < -0.39 is 5.97 Å². The van der Waals surface area contributed by atoms with E-state index in [1.165, 1.54) is 18.3 Å². The Balaban J connectivity index is 2.37. The van der Waals surface area contributed by atoms with Crippen molar-refractivity contribution in [3.05, 3.63) is 35.3 Å². The number of aromatic hydroxyl groups is 1. The van der Waals surface area contributed by atoms with Gasteiger partial charge >= 0.3 is 5.97 Å². The Labute approximate surface area is 89.5 Å². The molecule has 0 saturated carbocycles. The third kappa shape index (κ3) is 1.97. The Hall–Kier alpha value is -1.88. The molecule has 1 aromatic carbocycles. The second-order valence-electron chi connectivity index (χ2n) is 2.88. The van der Waals surface area contributed by atoms with Crippen molar-refractivity contribution in [2.24, 2.45) is 0 Å². The van der Waals surface area contributed by atoms with Gasteiger partial charge in [-0.3, -0.25) is 0 Å². The van der Waals surface area contributed by atoms with Crippen molar-refractivity contribution in [3.63, 3.8) is 0 Å². The quantitative estimate of drug-likeness (QED) is 0.815. The van der Waals surface area contributed by atoms with Crippen LogP contribution in [0.25, 0.3) is 10.6 Å². The van der Waals surface area contributed by atoms with Crippen molar-refractivity contribution in [1.29, 1.82) is 0 Å². The van der Waals surface area contributed by atoms with Crippen LogP contribution in [0.15, 0.2) is 30.5 Å². The molecule has 0 unspecified atom stereocenters. The summed E-state index contributed by atoms with van der Waals surface area (Å²) in [6, 6.07) is 6.47. The molecule has 0 atom stereocenters. The van der Waals surface area contributed by atoms with Crippen molar-refractivity contribution in [1.82, 2.24) is 4.98 Å². The number of carbonyl (C=O) groups is 1. The summed E-state index contributed by atoms with van der Waals surface area (Å²) in [5.41, 5.74) is 0.797. The smallest absolute Gasteiger partial charge is 0.347 e. The van der Waals surface area contributed by atoms with E-state index in [-0.39, 0.29) is 10.6 Å². The Bertz CT molecular complexity index is 490. The highest BCUT2D eigenvalue weighted by atomic mass is 32.1. The van der Waals surface area contributed by atoms with E-state index in [0.29, 0.717) is 5.01 Å². The topological polar surface area (TPSA) is 70.4 Å². The monoisotopic (exact) mass is 221 g/mol. The molecule has 0 radical (unpaired) electrons. The normalized spacial score (nSPS) is 10.1. The third-order valence-electron chi connectivity index (χ3n) is 1.83. The molecule has 0 fully saturated rings. The number of nitrogens with zero attached hydrogens (tertiary/aromatic N) is 1. The predicted molar refractivity (Wildman–Crippen MR) is 56.2 cm³/mol. The summed E-state index contributed by atoms with van der Waals surface area (Å²) in [4.78, 5) is 14.8. The maximum atomic E-state index is 10.6. The molecule has 0 aliphatic carbocycles. The summed E-state index contributed by atoms with van der Waals surface area (Å²) < 4.78 is 0. The van der Waals surface area contributed by atoms with Gasteiger partial charge in [-0.25, -0.2) is 9.78 Å². The summed E-state index contributed by atoms with van der Waals surface area (Å²) in [7, 11) is 0. The van der Waals surface area contributed by atoms with E-state index in [1.807, 2.05) is 0 Å². The lowest BCUT2D eigenvalue weighted by atomic mass is 10.2. The van der Waals surface area contributed by atoms with Gasteiger partial charge in [0.25, 0.3) is 0 Å². The highest BCUT2D eigenvalue weighted by Gasteiger charge is 2.09. The van der Waals surface area contributed by atoms with Crippen molar-refractivity contribution in [2.75, 3.05) is 0 Å². The third-order valence-corrected chi connectivity index (χ3v) is 2.87. The average molecular weight is 221 g/mol. The molecule has 0 aliphatic heterocycles. The number of phenols is 1. The molecule has 1 heterocycles. The second kappa shape index (κ2) is 3.70. The Morgan fingerprint density at radius 1 is 1.27 bits per heavy atom. The summed E-state index contributed by atoms with van der Waals surface area (Å²) in [5, 5.41) is 18.4. The van der Waals surface area contributed by atoms with Crippen molar-refractivity contribution in [2.45, 2.75) is 0 Å². The highest BCUT2D eigenvalue weighted by molar-refractivity contribution is 7.16. The van der Waals surface area contributed by atoms with Crippen LogP contribution in [0.2, 0.25) is 0 Å². The molecule has 2 N–H and O–H groups in total. The van der Waals surface area contributed by atoms with Crippen LogP contribution >= 0.6 is 11.3 Å². The number of rotatable bonds is 2. The zero-order chi connectivity index (χ0) is 10.8. The fourth-order valence-electron chi connectivity index (χ4n) is 1.11. The number of carboxylic acid groups (broad SMARTS) is 1. The molecule has 0 spiro atoms. The molecule has 4 nitrogen and oxygen atoms in total. The van der Waals surface area contributed by atoms with Gasteiger partial charge in [0.2, 0.25) is 0 Å². The molecular formula is C10H7NO3S. The fourth-order valence-corrected chi connectivity index (χ4v) is 1.87. The minimum absolute atomic E-state index is 0.175. The van der Waals surface area contributed by atoms with E-state index in [2.05, 4.69) is 4.98 Å². The van der Waals surface area contributed by atoms with Crippen LogP contribution in [0, 0.1) is 0 Å². The summed E-state index contributed by atoms with van der Waals surface area (Å²) >= 11 is 1.11. The number of hydrogen-bond donors (Lipinski definition) is 2. The zero-order valence-corrected chi connectivity index (χ0v) is 8.36. The molecular weight excluding hydrogens is 214 g/mol. The van der Waals surface area contributed by atoms with E-state index in [9.17, 15) is 4.79 Å². The first-order valence-corrected chi connectivity index (χ1v) is 4.97. The Morgan fingerprint density at radius 3 is 2.47 bits per heavy atom. The lowest BCUT2D eigenvalue weighted by Crippen LogP contribution is -1.89. The van der Waals surface area contributed by atoms with E-state index in [4.69, 9.17) is 10.2 Å². The first-order chi connectivity index (χ1) is 7.16. The number of thiazole rings is 1. The number of aromatic carboxylic acids is 1. The summed E-state index contributed by atoms with van der Waals surface area (Å²) in [6.07, 6.45) is 1.33. The van der Waals surface area contributed by atoms with Crippen LogP contribution < -0.4 is 0 Å². The molecule has 2 aromatic rings. The molecule has 0 saturated heterocycles. The van der Waals surface area contributed by atoms with E-state index >= 15 is 0 Å². The van der Waals surface area contributed by atoms with E-state index in [0.717, 1.165) is 16.9 Å². The minimum atomic E-state index is -0.975. The van der Waals surface area contributed by atoms with Gasteiger partial charge in [0.1, 0.15) is 15.6 Å². The number of carboxylic acids is 1. The SMILES string of the molecule is O=C(O)c1cnc(-c2ccc(O)cc2)s1. The first-order valence-electron chi connectivity index (χ1n) is 4.15. The van der Waals surface area contributed by atoms with Gasteiger partial charge in [-0.2, -0.15) is 0 Å². The maximum Gasteiger partial charge on any atom is 0.347 e. The van der Waals surface area contributed by atoms with E-state index in [1.54, 1.807) is 12.1 Å². The maximum absolute atomic E-state index is 10.6. The molecule has 0 aliphatic rings. The van der Waals surface area contributed by atoms with Crippen LogP contribution in [0.5, 0.6) is 5.75 Å². The largest absolute Gasteiger partial charge is 0.508 e. The van der Waals surface area contributed by atoms with Crippen molar-refractivity contribution in [3.8, 4) is 16.3 Å². The molecule has 1 aromatic heterocycles. The summed E-state index contributed by atoms with van der Waals surface area (Å²) in [6.45, 7) is 0. The van der Waals surface area contributed by atoms with Gasteiger partial charge in [0, 0.05) is 5.56 Å². The van der Waals surface area contributed by atoms with Gasteiger partial charge in [-0.1, -0.05) is 0 Å². The minimum Gasteiger partial charge on any atom is -0.508 e. The van der Waals surface area contributed by atoms with Crippen LogP contribution in [0.3, 0.4) is 0 Å². The fraction of sp³-hybridized carbons (Fsp3) is 0. The lowest BCUT2D eigenvalue weighted by molar-refractivity contribution is 0.0702. The first kappa shape index (κ1) is 9.67.